The summed E-state index contributed by atoms with van der Waals surface area (Å²) in [6.07, 6.45) is 0.967. The third kappa shape index (κ3) is 2.93. The molecule has 1 atom stereocenters. The van der Waals surface area contributed by atoms with Crippen molar-refractivity contribution in [1.82, 2.24) is 0 Å². The van der Waals surface area contributed by atoms with Gasteiger partial charge in [-0.1, -0.05) is 35.4 Å². The van der Waals surface area contributed by atoms with Gasteiger partial charge in [-0.05, 0) is 43.5 Å². The number of rotatable bonds is 3. The zero-order valence-electron chi connectivity index (χ0n) is 12.6. The Hall–Kier alpha value is -1.87. The van der Waals surface area contributed by atoms with Gasteiger partial charge < -0.3 is 10.6 Å². The van der Waals surface area contributed by atoms with Gasteiger partial charge in [0.05, 0.1) is 0 Å². The molecule has 0 bridgehead atoms. The van der Waals surface area contributed by atoms with Gasteiger partial charge in [-0.2, -0.15) is 0 Å². The van der Waals surface area contributed by atoms with Crippen LogP contribution in [0.25, 0.3) is 0 Å². The average Bonchev–Trinajstić information content (AvgIpc) is 2.80. The van der Waals surface area contributed by atoms with E-state index in [1.165, 1.54) is 22.8 Å². The van der Waals surface area contributed by atoms with E-state index in [1.54, 1.807) is 6.07 Å². The van der Waals surface area contributed by atoms with E-state index in [0.717, 1.165) is 30.8 Å². The van der Waals surface area contributed by atoms with Crippen molar-refractivity contribution < 1.29 is 4.39 Å². The lowest BCUT2D eigenvalue weighted by Crippen LogP contribution is -2.31. The molecule has 21 heavy (non-hydrogen) atoms. The maximum absolute atomic E-state index is 13.4. The van der Waals surface area contributed by atoms with Crippen molar-refractivity contribution >= 4 is 5.69 Å². The first-order chi connectivity index (χ1) is 10.0. The van der Waals surface area contributed by atoms with Crippen LogP contribution in [0.1, 0.15) is 28.3 Å². The minimum Gasteiger partial charge on any atom is -0.369 e. The van der Waals surface area contributed by atoms with E-state index in [1.807, 2.05) is 6.07 Å². The predicted molar refractivity (Wildman–Crippen MR) is 85.2 cm³/mol. The monoisotopic (exact) mass is 284 g/mol. The molecule has 2 N–H and O–H groups in total. The average molecular weight is 284 g/mol. The largest absolute Gasteiger partial charge is 0.369 e. The van der Waals surface area contributed by atoms with Crippen LogP contribution in [-0.2, 0) is 6.42 Å². The highest BCUT2D eigenvalue weighted by Crippen LogP contribution is 2.30. The first-order valence-corrected chi connectivity index (χ1v) is 7.40. The van der Waals surface area contributed by atoms with Gasteiger partial charge in [-0.25, -0.2) is 4.39 Å². The Morgan fingerprint density at radius 1 is 1.14 bits per heavy atom. The molecule has 2 aromatic carbocycles. The summed E-state index contributed by atoms with van der Waals surface area (Å²) in [6, 6.07) is 11.4. The maximum Gasteiger partial charge on any atom is 0.125 e. The van der Waals surface area contributed by atoms with Crippen molar-refractivity contribution in [3.63, 3.8) is 0 Å². The third-order valence-corrected chi connectivity index (χ3v) is 4.13. The van der Waals surface area contributed by atoms with Gasteiger partial charge in [-0.3, -0.25) is 0 Å². The van der Waals surface area contributed by atoms with Gasteiger partial charge in [-0.15, -0.1) is 0 Å². The van der Waals surface area contributed by atoms with E-state index in [4.69, 9.17) is 5.73 Å². The van der Waals surface area contributed by atoms with E-state index in [0.29, 0.717) is 0 Å². The summed E-state index contributed by atoms with van der Waals surface area (Å²) in [6.45, 7) is 5.81. The van der Waals surface area contributed by atoms with Crippen LogP contribution in [0, 0.1) is 19.7 Å². The smallest absolute Gasteiger partial charge is 0.125 e. The van der Waals surface area contributed by atoms with E-state index in [9.17, 15) is 4.39 Å². The third-order valence-electron chi connectivity index (χ3n) is 4.13. The number of anilines is 1. The van der Waals surface area contributed by atoms with Gasteiger partial charge in [0.25, 0.3) is 0 Å². The molecule has 0 aromatic heterocycles. The van der Waals surface area contributed by atoms with Gasteiger partial charge in [0.1, 0.15) is 5.82 Å². The Morgan fingerprint density at radius 3 is 2.57 bits per heavy atom. The summed E-state index contributed by atoms with van der Waals surface area (Å²) in [5.74, 6) is -0.180. The number of halogens is 1. The van der Waals surface area contributed by atoms with Crippen LogP contribution >= 0.6 is 0 Å². The Labute approximate surface area is 125 Å². The molecule has 0 aliphatic carbocycles. The van der Waals surface area contributed by atoms with Crippen LogP contribution < -0.4 is 10.6 Å². The predicted octanol–water partition coefficient (Wildman–Crippen LogP) is 3.51. The first-order valence-electron chi connectivity index (χ1n) is 7.40. The van der Waals surface area contributed by atoms with Crippen LogP contribution in [0.15, 0.2) is 36.4 Å². The Bertz CT molecular complexity index is 646. The minimum absolute atomic E-state index is 0.0576. The first kappa shape index (κ1) is 14.1. The molecular weight excluding hydrogens is 263 g/mol. The second kappa shape index (κ2) is 5.49. The molecule has 0 saturated carbocycles. The second-order valence-electron chi connectivity index (χ2n) is 6.00. The highest BCUT2D eigenvalue weighted by molar-refractivity contribution is 5.58. The fourth-order valence-electron chi connectivity index (χ4n) is 3.18. The molecule has 0 saturated heterocycles. The van der Waals surface area contributed by atoms with Crippen LogP contribution in [0.3, 0.4) is 0 Å². The minimum atomic E-state index is -0.180. The molecule has 1 aliphatic rings. The molecule has 3 rings (SSSR count). The van der Waals surface area contributed by atoms with Gasteiger partial charge in [0.15, 0.2) is 0 Å². The molecule has 3 heteroatoms. The lowest BCUT2D eigenvalue weighted by atomic mass is 10.0. The molecule has 0 spiro atoms. The number of fused-ring (bicyclic) bond motifs is 1. The van der Waals surface area contributed by atoms with Gasteiger partial charge in [0.2, 0.25) is 0 Å². The van der Waals surface area contributed by atoms with Crippen molar-refractivity contribution in [2.45, 2.75) is 26.3 Å². The van der Waals surface area contributed by atoms with E-state index in [-0.39, 0.29) is 11.9 Å². The molecule has 1 unspecified atom stereocenters. The van der Waals surface area contributed by atoms with E-state index >= 15 is 0 Å². The highest BCUT2D eigenvalue weighted by atomic mass is 19.1. The molecular formula is C18H21FN2. The molecule has 1 aliphatic heterocycles. The number of aryl methyl sites for hydroxylation is 2. The van der Waals surface area contributed by atoms with E-state index < -0.39 is 0 Å². The summed E-state index contributed by atoms with van der Waals surface area (Å²) in [5, 5.41) is 0. The quantitative estimate of drug-likeness (QED) is 0.934. The molecule has 1 heterocycles. The standard InChI is InChI=1S/C18H21FN2/c1-12-7-13(2)9-15(8-12)17(20)11-21-6-5-14-3-4-16(19)10-18(14)21/h3-4,7-10,17H,5-6,11,20H2,1-2H3. The fourth-order valence-corrected chi connectivity index (χ4v) is 3.18. The van der Waals surface area contributed by atoms with Crippen molar-refractivity contribution in [3.05, 3.63) is 64.5 Å². The summed E-state index contributed by atoms with van der Waals surface area (Å²) in [5.41, 5.74) is 12.2. The van der Waals surface area contributed by atoms with Crippen LogP contribution in [0.5, 0.6) is 0 Å². The van der Waals surface area contributed by atoms with Crippen molar-refractivity contribution in [1.29, 1.82) is 0 Å². The molecule has 2 nitrogen and oxygen atoms in total. The number of hydrogen-bond acceptors (Lipinski definition) is 2. The van der Waals surface area contributed by atoms with Crippen LogP contribution in [0.4, 0.5) is 10.1 Å². The number of hydrogen-bond donors (Lipinski definition) is 1. The SMILES string of the molecule is Cc1cc(C)cc(C(N)CN2CCc3ccc(F)cc32)c1. The second-order valence-corrected chi connectivity index (χ2v) is 6.00. The van der Waals surface area contributed by atoms with Crippen molar-refractivity contribution in [2.24, 2.45) is 5.73 Å². The van der Waals surface area contributed by atoms with Crippen molar-refractivity contribution in [2.75, 3.05) is 18.0 Å². The number of nitrogens with zero attached hydrogens (tertiary/aromatic N) is 1. The van der Waals surface area contributed by atoms with Crippen molar-refractivity contribution in [3.8, 4) is 0 Å². The molecule has 110 valence electrons. The lowest BCUT2D eigenvalue weighted by Gasteiger charge is -2.24. The van der Waals surface area contributed by atoms with Crippen LogP contribution in [-0.4, -0.2) is 13.1 Å². The summed E-state index contributed by atoms with van der Waals surface area (Å²) in [7, 11) is 0. The molecule has 2 aromatic rings. The Balaban J connectivity index is 1.80. The molecule has 0 amide bonds. The number of nitrogens with two attached hydrogens (primary N) is 1. The zero-order chi connectivity index (χ0) is 15.0. The summed E-state index contributed by atoms with van der Waals surface area (Å²) in [4.78, 5) is 2.20. The zero-order valence-corrected chi connectivity index (χ0v) is 12.6. The molecule has 0 radical (unpaired) electrons. The summed E-state index contributed by atoms with van der Waals surface area (Å²) >= 11 is 0. The van der Waals surface area contributed by atoms with Gasteiger partial charge in [0, 0.05) is 24.8 Å². The Morgan fingerprint density at radius 2 is 1.86 bits per heavy atom. The Kier molecular flexibility index (Phi) is 3.68. The normalized spacial score (nSPS) is 15.1. The maximum atomic E-state index is 13.4. The number of benzene rings is 2. The summed E-state index contributed by atoms with van der Waals surface area (Å²) < 4.78 is 13.4. The molecule has 0 fully saturated rings. The van der Waals surface area contributed by atoms with Crippen LogP contribution in [0.2, 0.25) is 0 Å². The highest BCUT2D eigenvalue weighted by Gasteiger charge is 2.22. The van der Waals surface area contributed by atoms with E-state index in [2.05, 4.69) is 36.9 Å². The lowest BCUT2D eigenvalue weighted by molar-refractivity contribution is 0.626. The fraction of sp³-hybridized carbons (Fsp3) is 0.333. The topological polar surface area (TPSA) is 29.3 Å². The van der Waals surface area contributed by atoms with Gasteiger partial charge >= 0.3 is 0 Å².